The van der Waals surface area contributed by atoms with Gasteiger partial charge in [-0.15, -0.1) is 0 Å². The molecule has 0 fully saturated rings. The maximum Gasteiger partial charge on any atom is 0.407 e. The Labute approximate surface area is 130 Å². The van der Waals surface area contributed by atoms with Crippen LogP contribution in [0, 0.1) is 0 Å². The molecule has 5 nitrogen and oxygen atoms in total. The van der Waals surface area contributed by atoms with Crippen LogP contribution in [0.2, 0.25) is 0 Å². The zero-order chi connectivity index (χ0) is 16.0. The number of benzene rings is 1. The van der Waals surface area contributed by atoms with E-state index in [1.54, 1.807) is 6.20 Å². The number of carbonyl (C=O) groups is 1. The van der Waals surface area contributed by atoms with Gasteiger partial charge in [0.05, 0.1) is 6.20 Å². The summed E-state index contributed by atoms with van der Waals surface area (Å²) in [7, 11) is 0. The van der Waals surface area contributed by atoms with Crippen LogP contribution in [0.1, 0.15) is 26.3 Å². The number of aromatic nitrogens is 1. The second-order valence-electron chi connectivity index (χ2n) is 5.78. The van der Waals surface area contributed by atoms with Crippen LogP contribution < -0.4 is 5.32 Å². The van der Waals surface area contributed by atoms with Gasteiger partial charge in [0.1, 0.15) is 5.60 Å². The van der Waals surface area contributed by atoms with E-state index in [1.165, 1.54) is 0 Å². The summed E-state index contributed by atoms with van der Waals surface area (Å²) in [6, 6.07) is 9.68. The lowest BCUT2D eigenvalue weighted by atomic mass is 10.1. The normalized spacial score (nSPS) is 11.6. The molecule has 1 amide bonds. The summed E-state index contributed by atoms with van der Waals surface area (Å²) in [5, 5.41) is 6.35. The fraction of sp³-hybridized carbons (Fsp3) is 0.294. The molecule has 2 aromatic rings. The number of hydrogen-bond acceptors (Lipinski definition) is 4. The Morgan fingerprint density at radius 3 is 2.59 bits per heavy atom. The molecule has 0 unspecified atom stereocenters. The summed E-state index contributed by atoms with van der Waals surface area (Å²) in [6.07, 6.45) is 5.00. The van der Waals surface area contributed by atoms with E-state index in [1.807, 2.05) is 63.3 Å². The summed E-state index contributed by atoms with van der Waals surface area (Å²) in [5.74, 6) is 0.738. The molecule has 1 N–H and O–H groups in total. The van der Waals surface area contributed by atoms with E-state index in [4.69, 9.17) is 9.26 Å². The third kappa shape index (κ3) is 5.09. The van der Waals surface area contributed by atoms with Gasteiger partial charge in [-0.1, -0.05) is 41.6 Å². The molecule has 0 saturated carbocycles. The van der Waals surface area contributed by atoms with Gasteiger partial charge in [-0.3, -0.25) is 0 Å². The van der Waals surface area contributed by atoms with Crippen LogP contribution in [0.25, 0.3) is 17.4 Å². The van der Waals surface area contributed by atoms with E-state index in [0.717, 1.165) is 16.9 Å². The first-order chi connectivity index (χ1) is 10.4. The van der Waals surface area contributed by atoms with Crippen molar-refractivity contribution in [1.29, 1.82) is 0 Å². The van der Waals surface area contributed by atoms with Crippen LogP contribution in [0.5, 0.6) is 0 Å². The summed E-state index contributed by atoms with van der Waals surface area (Å²) >= 11 is 0. The molecule has 1 aromatic carbocycles. The van der Waals surface area contributed by atoms with Crippen molar-refractivity contribution in [1.82, 2.24) is 10.5 Å². The van der Waals surface area contributed by atoms with Crippen molar-refractivity contribution in [3.63, 3.8) is 0 Å². The first-order valence-electron chi connectivity index (χ1n) is 7.08. The number of ether oxygens (including phenoxy) is 1. The van der Waals surface area contributed by atoms with Gasteiger partial charge in [-0.25, -0.2) is 4.79 Å². The molecular weight excluding hydrogens is 280 g/mol. The van der Waals surface area contributed by atoms with E-state index in [2.05, 4.69) is 10.5 Å². The maximum atomic E-state index is 11.5. The van der Waals surface area contributed by atoms with E-state index in [0.29, 0.717) is 6.54 Å². The van der Waals surface area contributed by atoms with Crippen molar-refractivity contribution in [2.24, 2.45) is 0 Å². The van der Waals surface area contributed by atoms with Crippen LogP contribution in [0.15, 0.2) is 47.1 Å². The molecule has 2 rings (SSSR count). The SMILES string of the molecule is CC(C)(C)OC(=O)NCC=Cc1ccc(-c2ccno2)cc1. The monoisotopic (exact) mass is 300 g/mol. The number of rotatable bonds is 4. The predicted molar refractivity (Wildman–Crippen MR) is 85.2 cm³/mol. The topological polar surface area (TPSA) is 64.4 Å². The van der Waals surface area contributed by atoms with Crippen molar-refractivity contribution >= 4 is 12.2 Å². The molecule has 0 aliphatic heterocycles. The molecule has 0 saturated heterocycles. The van der Waals surface area contributed by atoms with Gasteiger partial charge in [0, 0.05) is 18.2 Å². The average Bonchev–Trinajstić information content (AvgIpc) is 2.96. The van der Waals surface area contributed by atoms with Crippen LogP contribution in [-0.4, -0.2) is 23.4 Å². The lowest BCUT2D eigenvalue weighted by Crippen LogP contribution is -2.32. The lowest BCUT2D eigenvalue weighted by molar-refractivity contribution is 0.0534. The van der Waals surface area contributed by atoms with Gasteiger partial charge >= 0.3 is 6.09 Å². The predicted octanol–water partition coefficient (Wildman–Crippen LogP) is 3.88. The minimum Gasteiger partial charge on any atom is -0.444 e. The fourth-order valence-corrected chi connectivity index (χ4v) is 1.77. The Morgan fingerprint density at radius 2 is 2.00 bits per heavy atom. The number of nitrogens with zero attached hydrogens (tertiary/aromatic N) is 1. The first kappa shape index (κ1) is 15.8. The second kappa shape index (κ2) is 6.93. The Morgan fingerprint density at radius 1 is 1.27 bits per heavy atom. The fourth-order valence-electron chi connectivity index (χ4n) is 1.77. The van der Waals surface area contributed by atoms with Crippen LogP contribution in [0.3, 0.4) is 0 Å². The number of carbonyl (C=O) groups excluding carboxylic acids is 1. The Hall–Kier alpha value is -2.56. The van der Waals surface area contributed by atoms with Gasteiger partial charge in [0.2, 0.25) is 0 Å². The van der Waals surface area contributed by atoms with Crippen molar-refractivity contribution in [2.75, 3.05) is 6.54 Å². The quantitative estimate of drug-likeness (QED) is 0.930. The minimum absolute atomic E-state index is 0.415. The number of nitrogens with one attached hydrogen (secondary N) is 1. The minimum atomic E-state index is -0.482. The highest BCUT2D eigenvalue weighted by molar-refractivity contribution is 5.68. The summed E-state index contributed by atoms with van der Waals surface area (Å²) in [5.41, 5.74) is 1.53. The van der Waals surface area contributed by atoms with Gasteiger partial charge in [0.25, 0.3) is 0 Å². The lowest BCUT2D eigenvalue weighted by Gasteiger charge is -2.19. The van der Waals surface area contributed by atoms with Crippen molar-refractivity contribution in [3.05, 3.63) is 48.2 Å². The van der Waals surface area contributed by atoms with E-state index in [9.17, 15) is 4.79 Å². The van der Waals surface area contributed by atoms with Crippen LogP contribution >= 0.6 is 0 Å². The van der Waals surface area contributed by atoms with Crippen LogP contribution in [0.4, 0.5) is 4.79 Å². The molecule has 5 heteroatoms. The van der Waals surface area contributed by atoms with Gasteiger partial charge in [-0.2, -0.15) is 0 Å². The Bertz CT molecular complexity index is 623. The maximum absolute atomic E-state index is 11.5. The molecule has 1 heterocycles. The number of hydrogen-bond donors (Lipinski definition) is 1. The largest absolute Gasteiger partial charge is 0.444 e. The highest BCUT2D eigenvalue weighted by Gasteiger charge is 2.14. The molecule has 0 bridgehead atoms. The van der Waals surface area contributed by atoms with E-state index < -0.39 is 11.7 Å². The van der Waals surface area contributed by atoms with Crippen molar-refractivity contribution in [2.45, 2.75) is 26.4 Å². The average molecular weight is 300 g/mol. The molecule has 116 valence electrons. The zero-order valence-corrected chi connectivity index (χ0v) is 13.0. The van der Waals surface area contributed by atoms with Crippen molar-refractivity contribution in [3.8, 4) is 11.3 Å². The third-order valence-corrected chi connectivity index (χ3v) is 2.71. The second-order valence-corrected chi connectivity index (χ2v) is 5.78. The van der Waals surface area contributed by atoms with Gasteiger partial charge < -0.3 is 14.6 Å². The first-order valence-corrected chi connectivity index (χ1v) is 7.08. The summed E-state index contributed by atoms with van der Waals surface area (Å²) < 4.78 is 10.2. The highest BCUT2D eigenvalue weighted by atomic mass is 16.6. The summed E-state index contributed by atoms with van der Waals surface area (Å²) in [6.45, 7) is 5.91. The number of alkyl carbamates (subject to hydrolysis) is 1. The van der Waals surface area contributed by atoms with E-state index in [-0.39, 0.29) is 0 Å². The van der Waals surface area contributed by atoms with E-state index >= 15 is 0 Å². The Balaban J connectivity index is 1.82. The molecule has 22 heavy (non-hydrogen) atoms. The van der Waals surface area contributed by atoms with Gasteiger partial charge in [0.15, 0.2) is 5.76 Å². The zero-order valence-electron chi connectivity index (χ0n) is 13.0. The number of amides is 1. The molecule has 0 spiro atoms. The molecule has 0 aliphatic rings. The molecule has 1 aromatic heterocycles. The molecule has 0 radical (unpaired) electrons. The Kier molecular flexibility index (Phi) is 4.99. The standard InChI is InChI=1S/C17H20N2O3/c1-17(2,3)21-16(20)18-11-4-5-13-6-8-14(9-7-13)15-10-12-19-22-15/h4-10,12H,11H2,1-3H3,(H,18,20). The smallest absolute Gasteiger partial charge is 0.407 e. The highest BCUT2D eigenvalue weighted by Crippen LogP contribution is 2.19. The summed E-state index contributed by atoms with van der Waals surface area (Å²) in [4.78, 5) is 11.5. The molecular formula is C17H20N2O3. The molecule has 0 aliphatic carbocycles. The van der Waals surface area contributed by atoms with Crippen molar-refractivity contribution < 1.29 is 14.1 Å². The third-order valence-electron chi connectivity index (χ3n) is 2.71. The van der Waals surface area contributed by atoms with Crippen LogP contribution in [-0.2, 0) is 4.74 Å². The van der Waals surface area contributed by atoms with Gasteiger partial charge in [-0.05, 0) is 26.3 Å². The molecule has 0 atom stereocenters.